The molecule has 0 aliphatic heterocycles. The Balaban J connectivity index is 2.14. The number of nitrogens with zero attached hydrogens (tertiary/aromatic N) is 3. The molecule has 0 spiro atoms. The number of amides is 1. The maximum atomic E-state index is 13.5. The second-order valence-corrected chi connectivity index (χ2v) is 7.13. The molecular weight excluding hydrogens is 398 g/mol. The van der Waals surface area contributed by atoms with E-state index < -0.39 is 17.5 Å². The lowest BCUT2D eigenvalue weighted by Crippen LogP contribution is -2.24. The fourth-order valence-electron chi connectivity index (χ4n) is 3.36. The molecule has 0 radical (unpaired) electrons. The van der Waals surface area contributed by atoms with Gasteiger partial charge in [0.05, 0.1) is 24.3 Å². The molecule has 0 saturated carbocycles. The van der Waals surface area contributed by atoms with Crippen LogP contribution in [0.5, 0.6) is 11.5 Å². The Morgan fingerprint density at radius 3 is 2.23 bits per heavy atom. The summed E-state index contributed by atoms with van der Waals surface area (Å²) in [6.45, 7) is 4.76. The van der Waals surface area contributed by atoms with Crippen molar-refractivity contribution in [1.82, 2.24) is 0 Å². The van der Waals surface area contributed by atoms with Crippen LogP contribution in [-0.2, 0) is 0 Å². The van der Waals surface area contributed by atoms with E-state index in [1.807, 2.05) is 13.8 Å². The molecule has 2 aromatic rings. The van der Waals surface area contributed by atoms with Crippen molar-refractivity contribution in [3.05, 3.63) is 68.6 Å². The molecule has 3 rings (SSSR count). The SMILES string of the molecule is CCCCOc1cccc2c1C(=O)c1c(OCCCC)cc(C(=O)N=[N+]=[N-])cc1C2=O. The molecule has 0 N–H and O–H groups in total. The van der Waals surface area contributed by atoms with Gasteiger partial charge in [-0.2, -0.15) is 0 Å². The summed E-state index contributed by atoms with van der Waals surface area (Å²) in [6, 6.07) is 7.52. The Morgan fingerprint density at radius 1 is 0.935 bits per heavy atom. The molecule has 1 aliphatic carbocycles. The van der Waals surface area contributed by atoms with Gasteiger partial charge in [-0.3, -0.25) is 14.4 Å². The number of rotatable bonds is 9. The number of benzene rings is 2. The topological polar surface area (TPSA) is 118 Å². The lowest BCUT2D eigenvalue weighted by molar-refractivity contribution is 0.0969. The van der Waals surface area contributed by atoms with Crippen LogP contribution in [0.1, 0.15) is 81.7 Å². The van der Waals surface area contributed by atoms with Gasteiger partial charge >= 0.3 is 0 Å². The molecule has 31 heavy (non-hydrogen) atoms. The van der Waals surface area contributed by atoms with E-state index >= 15 is 0 Å². The number of hydrogen-bond donors (Lipinski definition) is 0. The van der Waals surface area contributed by atoms with E-state index in [9.17, 15) is 14.4 Å². The van der Waals surface area contributed by atoms with Gasteiger partial charge < -0.3 is 9.47 Å². The number of hydrogen-bond acceptors (Lipinski definition) is 5. The quantitative estimate of drug-likeness (QED) is 0.202. The standard InChI is InChI=1S/C23H23N3O5/c1-3-5-10-30-17-9-7-8-15-19(17)22(28)20-16(21(15)27)12-14(23(29)25-26-24)13-18(20)31-11-6-4-2/h7-9,12-13H,3-6,10-11H2,1-2H3. The summed E-state index contributed by atoms with van der Waals surface area (Å²) in [6.07, 6.45) is 3.35. The normalized spacial score (nSPS) is 11.9. The van der Waals surface area contributed by atoms with Crippen LogP contribution < -0.4 is 9.47 Å². The summed E-state index contributed by atoms with van der Waals surface area (Å²) in [5.74, 6) is -1.20. The van der Waals surface area contributed by atoms with Crippen LogP contribution in [0.15, 0.2) is 35.4 Å². The third-order valence-corrected chi connectivity index (χ3v) is 4.97. The van der Waals surface area contributed by atoms with Crippen molar-refractivity contribution < 1.29 is 23.9 Å². The number of unbranched alkanes of at least 4 members (excludes halogenated alkanes) is 2. The molecule has 1 aliphatic rings. The fourth-order valence-corrected chi connectivity index (χ4v) is 3.36. The van der Waals surface area contributed by atoms with Gasteiger partial charge in [0.1, 0.15) is 11.5 Å². The molecular formula is C23H23N3O5. The number of ether oxygens (including phenoxy) is 2. The number of azide groups is 1. The molecule has 0 unspecified atom stereocenters. The largest absolute Gasteiger partial charge is 0.493 e. The average Bonchev–Trinajstić information content (AvgIpc) is 2.77. The van der Waals surface area contributed by atoms with Gasteiger partial charge in [-0.15, -0.1) is 0 Å². The molecule has 8 heteroatoms. The van der Waals surface area contributed by atoms with Gasteiger partial charge in [-0.05, 0) is 41.7 Å². The van der Waals surface area contributed by atoms with Gasteiger partial charge in [0, 0.05) is 21.6 Å². The first-order valence-electron chi connectivity index (χ1n) is 10.3. The van der Waals surface area contributed by atoms with Crippen molar-refractivity contribution in [2.45, 2.75) is 39.5 Å². The minimum Gasteiger partial charge on any atom is -0.493 e. The van der Waals surface area contributed by atoms with Crippen LogP contribution in [0, 0.1) is 0 Å². The molecule has 160 valence electrons. The smallest absolute Gasteiger partial charge is 0.249 e. The Hall–Kier alpha value is -3.64. The highest BCUT2D eigenvalue weighted by molar-refractivity contribution is 6.30. The van der Waals surface area contributed by atoms with Crippen molar-refractivity contribution in [3.63, 3.8) is 0 Å². The average molecular weight is 421 g/mol. The van der Waals surface area contributed by atoms with E-state index in [1.54, 1.807) is 18.2 Å². The zero-order chi connectivity index (χ0) is 22.4. The predicted molar refractivity (Wildman–Crippen MR) is 114 cm³/mol. The minimum absolute atomic E-state index is 0.0111. The maximum Gasteiger partial charge on any atom is 0.249 e. The predicted octanol–water partition coefficient (Wildman–Crippen LogP) is 5.27. The highest BCUT2D eigenvalue weighted by Crippen LogP contribution is 2.38. The second kappa shape index (κ2) is 9.91. The summed E-state index contributed by atoms with van der Waals surface area (Å²) < 4.78 is 11.6. The number of fused-ring (bicyclic) bond motifs is 2. The Kier molecular flexibility index (Phi) is 7.05. The molecule has 0 bridgehead atoms. The van der Waals surface area contributed by atoms with Crippen molar-refractivity contribution >= 4 is 17.5 Å². The van der Waals surface area contributed by atoms with Gasteiger partial charge in [0.2, 0.25) is 11.7 Å². The Bertz CT molecular complexity index is 1090. The monoisotopic (exact) mass is 421 g/mol. The summed E-state index contributed by atoms with van der Waals surface area (Å²) >= 11 is 0. The zero-order valence-electron chi connectivity index (χ0n) is 17.5. The summed E-state index contributed by atoms with van der Waals surface area (Å²) in [4.78, 5) is 41.4. The number of carbonyl (C=O) groups excluding carboxylic acids is 3. The van der Waals surface area contributed by atoms with Gasteiger partial charge in [0.15, 0.2) is 5.78 Å². The molecule has 2 aromatic carbocycles. The van der Waals surface area contributed by atoms with Crippen LogP contribution in [0.2, 0.25) is 0 Å². The van der Waals surface area contributed by atoms with Crippen molar-refractivity contribution in [2.75, 3.05) is 13.2 Å². The minimum atomic E-state index is -0.853. The van der Waals surface area contributed by atoms with E-state index in [0.717, 1.165) is 25.7 Å². The van der Waals surface area contributed by atoms with Gasteiger partial charge in [-0.25, -0.2) is 0 Å². The van der Waals surface area contributed by atoms with Crippen LogP contribution >= 0.6 is 0 Å². The molecule has 0 aromatic heterocycles. The first-order chi connectivity index (χ1) is 15.0. The summed E-state index contributed by atoms with van der Waals surface area (Å²) in [5, 5.41) is 3.10. The highest BCUT2D eigenvalue weighted by atomic mass is 16.5. The first kappa shape index (κ1) is 22.1. The Morgan fingerprint density at radius 2 is 1.58 bits per heavy atom. The van der Waals surface area contributed by atoms with Crippen LogP contribution in [0.3, 0.4) is 0 Å². The van der Waals surface area contributed by atoms with Crippen molar-refractivity contribution in [2.24, 2.45) is 5.11 Å². The van der Waals surface area contributed by atoms with E-state index in [0.29, 0.717) is 19.0 Å². The molecule has 0 fully saturated rings. The number of carbonyl (C=O) groups is 3. The summed E-state index contributed by atoms with van der Waals surface area (Å²) in [5.41, 5.74) is 9.13. The van der Waals surface area contributed by atoms with E-state index in [4.69, 9.17) is 15.0 Å². The van der Waals surface area contributed by atoms with Crippen LogP contribution in [0.4, 0.5) is 0 Å². The molecule has 1 amide bonds. The lowest BCUT2D eigenvalue weighted by atomic mass is 9.82. The molecule has 0 saturated heterocycles. The molecule has 0 heterocycles. The van der Waals surface area contributed by atoms with Gasteiger partial charge in [0.25, 0.3) is 0 Å². The second-order valence-electron chi connectivity index (χ2n) is 7.13. The number of ketones is 2. The fraction of sp³-hybridized carbons (Fsp3) is 0.348. The maximum absolute atomic E-state index is 13.5. The zero-order valence-corrected chi connectivity index (χ0v) is 17.5. The molecule has 0 atom stereocenters. The van der Waals surface area contributed by atoms with E-state index in [-0.39, 0.29) is 33.6 Å². The lowest BCUT2D eigenvalue weighted by Gasteiger charge is -2.23. The molecule has 8 nitrogen and oxygen atoms in total. The third kappa shape index (κ3) is 4.44. The van der Waals surface area contributed by atoms with Crippen molar-refractivity contribution in [3.8, 4) is 11.5 Å². The van der Waals surface area contributed by atoms with Gasteiger partial charge in [-0.1, -0.05) is 38.8 Å². The summed E-state index contributed by atoms with van der Waals surface area (Å²) in [7, 11) is 0. The third-order valence-electron chi connectivity index (χ3n) is 4.97. The van der Waals surface area contributed by atoms with E-state index in [1.165, 1.54) is 12.1 Å². The Labute approximate surface area is 179 Å². The van der Waals surface area contributed by atoms with E-state index in [2.05, 4.69) is 10.0 Å². The highest BCUT2D eigenvalue weighted by Gasteiger charge is 2.35. The first-order valence-corrected chi connectivity index (χ1v) is 10.3. The van der Waals surface area contributed by atoms with Crippen LogP contribution in [-0.4, -0.2) is 30.7 Å². The van der Waals surface area contributed by atoms with Crippen LogP contribution in [0.25, 0.3) is 10.4 Å². The van der Waals surface area contributed by atoms with Crippen molar-refractivity contribution in [1.29, 1.82) is 0 Å².